The van der Waals surface area contributed by atoms with Crippen LogP contribution in [0, 0.1) is 11.3 Å². The highest BCUT2D eigenvalue weighted by Gasteiger charge is 2.22. The third kappa shape index (κ3) is 3.86. The van der Waals surface area contributed by atoms with Crippen LogP contribution in [-0.2, 0) is 0 Å². The van der Waals surface area contributed by atoms with Gasteiger partial charge in [-0.15, -0.1) is 0 Å². The Balaban J connectivity index is 1.13. The van der Waals surface area contributed by atoms with Gasteiger partial charge in [0.05, 0.1) is 44.1 Å². The van der Waals surface area contributed by atoms with Crippen molar-refractivity contribution in [3.63, 3.8) is 0 Å². The molecule has 5 heteroatoms. The molecular formula is C49H27N3O2. The molecule has 0 saturated carbocycles. The molecule has 0 saturated heterocycles. The van der Waals surface area contributed by atoms with Gasteiger partial charge < -0.3 is 18.0 Å². The van der Waals surface area contributed by atoms with Crippen molar-refractivity contribution in [2.75, 3.05) is 0 Å². The highest BCUT2D eigenvalue weighted by molar-refractivity contribution is 6.26. The maximum atomic E-state index is 10.6. The van der Waals surface area contributed by atoms with Gasteiger partial charge in [0.1, 0.15) is 28.4 Å². The van der Waals surface area contributed by atoms with Gasteiger partial charge in [0, 0.05) is 38.0 Å². The molecule has 0 amide bonds. The third-order valence-corrected chi connectivity index (χ3v) is 11.1. The van der Waals surface area contributed by atoms with Crippen molar-refractivity contribution >= 4 is 87.5 Å². The number of furan rings is 2. The van der Waals surface area contributed by atoms with E-state index in [1.165, 1.54) is 10.8 Å². The van der Waals surface area contributed by atoms with Gasteiger partial charge >= 0.3 is 0 Å². The van der Waals surface area contributed by atoms with Gasteiger partial charge in [-0.2, -0.15) is 5.26 Å². The Labute approximate surface area is 307 Å². The molecule has 0 N–H and O–H groups in total. The van der Waals surface area contributed by atoms with E-state index in [1.54, 1.807) is 0 Å². The van der Waals surface area contributed by atoms with Crippen LogP contribution in [0.15, 0.2) is 173 Å². The average Bonchev–Trinajstić information content (AvgIpc) is 3.98. The third-order valence-electron chi connectivity index (χ3n) is 11.1. The zero-order valence-corrected chi connectivity index (χ0v) is 28.7. The lowest BCUT2D eigenvalue weighted by atomic mass is 10.0. The highest BCUT2D eigenvalue weighted by atomic mass is 16.3. The fourth-order valence-electron chi connectivity index (χ4n) is 8.86. The van der Waals surface area contributed by atoms with Crippen LogP contribution < -0.4 is 0 Å². The minimum Gasteiger partial charge on any atom is -0.456 e. The van der Waals surface area contributed by atoms with Gasteiger partial charge in [0.2, 0.25) is 0 Å². The van der Waals surface area contributed by atoms with Crippen LogP contribution in [0.1, 0.15) is 5.56 Å². The fraction of sp³-hybridized carbons (Fsp3) is 0. The summed E-state index contributed by atoms with van der Waals surface area (Å²) in [4.78, 5) is 0. The molecule has 250 valence electrons. The predicted molar refractivity (Wildman–Crippen MR) is 220 cm³/mol. The molecule has 8 aromatic carbocycles. The summed E-state index contributed by atoms with van der Waals surface area (Å²) in [6.45, 7) is 0. The van der Waals surface area contributed by atoms with E-state index < -0.39 is 0 Å². The number of fused-ring (bicyclic) bond motifs is 14. The molecule has 0 radical (unpaired) electrons. The average molecular weight is 690 g/mol. The summed E-state index contributed by atoms with van der Waals surface area (Å²) < 4.78 is 17.4. The second-order valence-corrected chi connectivity index (χ2v) is 14.0. The van der Waals surface area contributed by atoms with Crippen LogP contribution in [-0.4, -0.2) is 9.13 Å². The van der Waals surface area contributed by atoms with Gasteiger partial charge in [0.15, 0.2) is 0 Å². The Hall–Kier alpha value is -7.55. The molecule has 0 fully saturated rings. The second-order valence-electron chi connectivity index (χ2n) is 14.0. The largest absolute Gasteiger partial charge is 0.456 e. The van der Waals surface area contributed by atoms with Gasteiger partial charge in [-0.3, -0.25) is 0 Å². The van der Waals surface area contributed by atoms with E-state index in [4.69, 9.17) is 8.83 Å². The van der Waals surface area contributed by atoms with Crippen molar-refractivity contribution < 1.29 is 8.83 Å². The maximum absolute atomic E-state index is 10.6. The Morgan fingerprint density at radius 1 is 0.407 bits per heavy atom. The summed E-state index contributed by atoms with van der Waals surface area (Å²) in [6, 6.07) is 59.4. The first-order chi connectivity index (χ1) is 26.7. The monoisotopic (exact) mass is 689 g/mol. The van der Waals surface area contributed by atoms with Crippen LogP contribution in [0.25, 0.3) is 110 Å². The SMILES string of the molecule is N#Cc1ccc(-c2cccc(-n3c4ccccc4c4ccc5oc6ccccc6c5c43)c2)cc1-n1c2ccccc2c2ccc3oc4ccccc4c3c21. The van der Waals surface area contributed by atoms with E-state index in [0.29, 0.717) is 5.56 Å². The number of aromatic nitrogens is 2. The van der Waals surface area contributed by atoms with Crippen molar-refractivity contribution in [1.29, 1.82) is 5.26 Å². The molecule has 12 rings (SSSR count). The Bertz CT molecular complexity index is 3590. The number of hydrogen-bond donors (Lipinski definition) is 0. The van der Waals surface area contributed by atoms with Crippen LogP contribution in [0.5, 0.6) is 0 Å². The van der Waals surface area contributed by atoms with Crippen LogP contribution in [0.3, 0.4) is 0 Å². The molecule has 54 heavy (non-hydrogen) atoms. The molecule has 4 heterocycles. The second kappa shape index (κ2) is 10.7. The number of nitrogens with zero attached hydrogens (tertiary/aromatic N) is 3. The Kier molecular flexibility index (Phi) is 5.78. The van der Waals surface area contributed by atoms with Crippen molar-refractivity contribution in [2.24, 2.45) is 0 Å². The predicted octanol–water partition coefficient (Wildman–Crippen LogP) is 13.2. The molecule has 12 aromatic rings. The standard InChI is InChI=1S/C49H27N3O2/c50-28-31-21-20-30(27-41(31)52-40-17-6-2-13-34(40)36-23-25-45-47(49(36)52)38-15-4-8-19-43(38)54-45)29-10-9-11-32(26-29)51-39-16-5-1-12-33(39)35-22-24-44-46(48(35)51)37-14-3-7-18-42(37)53-44/h1-27H. The number of benzene rings is 8. The maximum Gasteiger partial charge on any atom is 0.137 e. The molecule has 0 aliphatic carbocycles. The van der Waals surface area contributed by atoms with Gasteiger partial charge in [-0.25, -0.2) is 0 Å². The summed E-state index contributed by atoms with van der Waals surface area (Å²) in [7, 11) is 0. The van der Waals surface area contributed by atoms with Gasteiger partial charge in [0.25, 0.3) is 0 Å². The number of para-hydroxylation sites is 4. The van der Waals surface area contributed by atoms with Crippen molar-refractivity contribution in [2.45, 2.75) is 0 Å². The fourth-order valence-corrected chi connectivity index (χ4v) is 8.86. The van der Waals surface area contributed by atoms with E-state index in [9.17, 15) is 5.26 Å². The lowest BCUT2D eigenvalue weighted by Gasteiger charge is -2.14. The lowest BCUT2D eigenvalue weighted by Crippen LogP contribution is -1.99. The van der Waals surface area contributed by atoms with Crippen molar-refractivity contribution in [3.8, 4) is 28.6 Å². The first kappa shape index (κ1) is 29.1. The summed E-state index contributed by atoms with van der Waals surface area (Å²) in [5, 5.41) is 19.5. The quantitative estimate of drug-likeness (QED) is 0.185. The topological polar surface area (TPSA) is 59.9 Å². The molecule has 0 bridgehead atoms. The van der Waals surface area contributed by atoms with E-state index in [2.05, 4.69) is 149 Å². The highest BCUT2D eigenvalue weighted by Crippen LogP contribution is 2.43. The minimum absolute atomic E-state index is 0.596. The number of rotatable bonds is 3. The van der Waals surface area contributed by atoms with Gasteiger partial charge in [-0.1, -0.05) is 91.0 Å². The van der Waals surface area contributed by atoms with Crippen LogP contribution >= 0.6 is 0 Å². The van der Waals surface area contributed by atoms with Crippen molar-refractivity contribution in [3.05, 3.63) is 169 Å². The zero-order valence-electron chi connectivity index (χ0n) is 28.7. The summed E-state index contributed by atoms with van der Waals surface area (Å²) in [6.07, 6.45) is 0. The van der Waals surface area contributed by atoms with Crippen LogP contribution in [0.2, 0.25) is 0 Å². The number of nitriles is 1. The molecule has 0 spiro atoms. The Morgan fingerprint density at radius 2 is 0.944 bits per heavy atom. The lowest BCUT2D eigenvalue weighted by molar-refractivity contribution is 0.669. The first-order valence-corrected chi connectivity index (χ1v) is 18.1. The van der Waals surface area contributed by atoms with Crippen molar-refractivity contribution in [1.82, 2.24) is 9.13 Å². The molecule has 0 aliphatic rings. The summed E-state index contributed by atoms with van der Waals surface area (Å²) >= 11 is 0. The smallest absolute Gasteiger partial charge is 0.137 e. The van der Waals surface area contributed by atoms with Crippen LogP contribution in [0.4, 0.5) is 0 Å². The van der Waals surface area contributed by atoms with E-state index in [-0.39, 0.29) is 0 Å². The summed E-state index contributed by atoms with van der Waals surface area (Å²) in [5.41, 5.74) is 12.3. The molecular weight excluding hydrogens is 663 g/mol. The normalized spacial score (nSPS) is 12.1. The van der Waals surface area contributed by atoms with E-state index in [0.717, 1.165) is 99.2 Å². The van der Waals surface area contributed by atoms with Gasteiger partial charge in [-0.05, 0) is 83.9 Å². The molecule has 4 aromatic heterocycles. The summed E-state index contributed by atoms with van der Waals surface area (Å²) in [5.74, 6) is 0. The minimum atomic E-state index is 0.596. The molecule has 5 nitrogen and oxygen atoms in total. The molecule has 0 atom stereocenters. The number of hydrogen-bond acceptors (Lipinski definition) is 3. The molecule has 0 unspecified atom stereocenters. The van der Waals surface area contributed by atoms with E-state index in [1.807, 2.05) is 30.3 Å². The Morgan fingerprint density at radius 3 is 1.57 bits per heavy atom. The zero-order chi connectivity index (χ0) is 35.5. The first-order valence-electron chi connectivity index (χ1n) is 18.1. The molecule has 0 aliphatic heterocycles. The van der Waals surface area contributed by atoms with E-state index >= 15 is 0 Å².